The van der Waals surface area contributed by atoms with Gasteiger partial charge >= 0.3 is 0 Å². The molecule has 1 N–H and O–H groups in total. The molecule has 0 aliphatic carbocycles. The number of rotatable bonds is 3. The van der Waals surface area contributed by atoms with Crippen LogP contribution in [0.5, 0.6) is 0 Å². The van der Waals surface area contributed by atoms with Gasteiger partial charge in [-0.15, -0.1) is 0 Å². The van der Waals surface area contributed by atoms with Crippen LogP contribution in [0.1, 0.15) is 10.4 Å². The Morgan fingerprint density at radius 2 is 1.44 bits per heavy atom. The van der Waals surface area contributed by atoms with Gasteiger partial charge in [0, 0.05) is 19.7 Å². The van der Waals surface area contributed by atoms with Crippen molar-refractivity contribution >= 4 is 5.91 Å². The summed E-state index contributed by atoms with van der Waals surface area (Å²) in [6, 6.07) is 17.7. The quantitative estimate of drug-likeness (QED) is 0.836. The average Bonchev–Trinajstić information content (AvgIpc) is 2.39. The van der Waals surface area contributed by atoms with E-state index in [0.717, 1.165) is 11.1 Å². The second kappa shape index (κ2) is 5.47. The number of hydrazine groups is 1. The Morgan fingerprint density at radius 3 is 2.00 bits per heavy atom. The van der Waals surface area contributed by atoms with Crippen molar-refractivity contribution in [1.29, 1.82) is 0 Å². The molecule has 0 fully saturated rings. The maximum absolute atomic E-state index is 11.8. The standard InChI is InChI=1S/C15H16N2O/c1-17(2)16-15(18)14-10-8-13(9-11-14)12-6-4-3-5-7-12/h3-11H,1-2H3,(H,16,18). The van der Waals surface area contributed by atoms with Crippen molar-refractivity contribution in [3.63, 3.8) is 0 Å². The number of nitrogens with zero attached hydrogens (tertiary/aromatic N) is 1. The first-order valence-corrected chi connectivity index (χ1v) is 5.80. The van der Waals surface area contributed by atoms with E-state index in [1.54, 1.807) is 19.1 Å². The van der Waals surface area contributed by atoms with Crippen LogP contribution in [-0.2, 0) is 0 Å². The predicted octanol–water partition coefficient (Wildman–Crippen LogP) is 2.56. The van der Waals surface area contributed by atoms with Crippen LogP contribution < -0.4 is 5.43 Å². The van der Waals surface area contributed by atoms with Gasteiger partial charge in [-0.25, -0.2) is 5.01 Å². The van der Waals surface area contributed by atoms with Crippen LogP contribution in [0, 0.1) is 0 Å². The van der Waals surface area contributed by atoms with Crippen molar-refractivity contribution in [3.05, 3.63) is 60.2 Å². The minimum Gasteiger partial charge on any atom is -0.285 e. The van der Waals surface area contributed by atoms with Crippen LogP contribution in [0.25, 0.3) is 11.1 Å². The van der Waals surface area contributed by atoms with Gasteiger partial charge in [0.15, 0.2) is 0 Å². The first-order valence-electron chi connectivity index (χ1n) is 5.80. The minimum absolute atomic E-state index is 0.0976. The molecule has 0 saturated carbocycles. The van der Waals surface area contributed by atoms with Crippen LogP contribution in [0.4, 0.5) is 0 Å². The van der Waals surface area contributed by atoms with Crippen LogP contribution in [0.15, 0.2) is 54.6 Å². The summed E-state index contributed by atoms with van der Waals surface area (Å²) in [7, 11) is 3.58. The van der Waals surface area contributed by atoms with E-state index in [1.807, 2.05) is 42.5 Å². The second-order valence-corrected chi connectivity index (χ2v) is 4.28. The van der Waals surface area contributed by atoms with E-state index in [-0.39, 0.29) is 5.91 Å². The zero-order chi connectivity index (χ0) is 13.0. The van der Waals surface area contributed by atoms with Gasteiger partial charge in [0.05, 0.1) is 0 Å². The lowest BCUT2D eigenvalue weighted by atomic mass is 10.0. The molecule has 2 aromatic carbocycles. The summed E-state index contributed by atoms with van der Waals surface area (Å²) in [5, 5.41) is 1.63. The molecule has 2 rings (SSSR count). The van der Waals surface area contributed by atoms with Crippen molar-refractivity contribution in [2.75, 3.05) is 14.1 Å². The first-order chi connectivity index (χ1) is 8.66. The van der Waals surface area contributed by atoms with Gasteiger partial charge in [0.2, 0.25) is 0 Å². The Hall–Kier alpha value is -2.13. The Kier molecular flexibility index (Phi) is 3.75. The number of hydrogen-bond donors (Lipinski definition) is 1. The van der Waals surface area contributed by atoms with Gasteiger partial charge in [-0.05, 0) is 23.3 Å². The molecule has 3 nitrogen and oxygen atoms in total. The van der Waals surface area contributed by atoms with Crippen LogP contribution in [0.2, 0.25) is 0 Å². The number of carbonyl (C=O) groups excluding carboxylic acids is 1. The summed E-state index contributed by atoms with van der Waals surface area (Å²) in [5.74, 6) is -0.0976. The third kappa shape index (κ3) is 2.96. The fourth-order valence-corrected chi connectivity index (χ4v) is 1.71. The molecule has 18 heavy (non-hydrogen) atoms. The average molecular weight is 240 g/mol. The van der Waals surface area contributed by atoms with Gasteiger partial charge in [0.1, 0.15) is 0 Å². The van der Waals surface area contributed by atoms with Crippen molar-refractivity contribution in [1.82, 2.24) is 10.4 Å². The number of nitrogens with one attached hydrogen (secondary N) is 1. The molecule has 3 heteroatoms. The van der Waals surface area contributed by atoms with Gasteiger partial charge in [0.25, 0.3) is 5.91 Å². The summed E-state index contributed by atoms with van der Waals surface area (Å²) >= 11 is 0. The van der Waals surface area contributed by atoms with E-state index >= 15 is 0 Å². The number of amides is 1. The Labute approximate surface area is 107 Å². The Morgan fingerprint density at radius 1 is 0.889 bits per heavy atom. The minimum atomic E-state index is -0.0976. The molecule has 2 aromatic rings. The lowest BCUT2D eigenvalue weighted by molar-refractivity contribution is 0.0857. The van der Waals surface area contributed by atoms with E-state index in [1.165, 1.54) is 0 Å². The highest BCUT2D eigenvalue weighted by Crippen LogP contribution is 2.19. The predicted molar refractivity (Wildman–Crippen MR) is 73.0 cm³/mol. The maximum Gasteiger partial charge on any atom is 0.265 e. The molecular formula is C15H16N2O. The third-order valence-corrected chi connectivity index (χ3v) is 2.58. The van der Waals surface area contributed by atoms with Gasteiger partial charge in [-0.1, -0.05) is 42.5 Å². The number of hydrogen-bond acceptors (Lipinski definition) is 2. The van der Waals surface area contributed by atoms with E-state index in [0.29, 0.717) is 5.56 Å². The van der Waals surface area contributed by atoms with Gasteiger partial charge in [-0.3, -0.25) is 10.2 Å². The molecular weight excluding hydrogens is 224 g/mol. The van der Waals surface area contributed by atoms with E-state index < -0.39 is 0 Å². The number of carbonyl (C=O) groups is 1. The van der Waals surface area contributed by atoms with Crippen LogP contribution in [0.3, 0.4) is 0 Å². The second-order valence-electron chi connectivity index (χ2n) is 4.28. The third-order valence-electron chi connectivity index (χ3n) is 2.58. The molecule has 0 aliphatic rings. The molecule has 0 atom stereocenters. The summed E-state index contributed by atoms with van der Waals surface area (Å²) in [6.07, 6.45) is 0. The Balaban J connectivity index is 2.18. The lowest BCUT2D eigenvalue weighted by Crippen LogP contribution is -2.36. The van der Waals surface area contributed by atoms with Crippen LogP contribution in [-0.4, -0.2) is 25.0 Å². The summed E-state index contributed by atoms with van der Waals surface area (Å²) in [5.41, 5.74) is 5.63. The van der Waals surface area contributed by atoms with Crippen LogP contribution >= 0.6 is 0 Å². The normalized spacial score (nSPS) is 10.4. The molecule has 0 unspecified atom stereocenters. The largest absolute Gasteiger partial charge is 0.285 e. The SMILES string of the molecule is CN(C)NC(=O)c1ccc(-c2ccccc2)cc1. The zero-order valence-electron chi connectivity index (χ0n) is 10.6. The zero-order valence-corrected chi connectivity index (χ0v) is 10.6. The molecule has 92 valence electrons. The highest BCUT2D eigenvalue weighted by Gasteiger charge is 2.05. The molecule has 0 aliphatic heterocycles. The van der Waals surface area contributed by atoms with E-state index in [4.69, 9.17) is 0 Å². The van der Waals surface area contributed by atoms with Crippen molar-refractivity contribution in [3.8, 4) is 11.1 Å². The molecule has 1 amide bonds. The smallest absolute Gasteiger partial charge is 0.265 e. The first kappa shape index (κ1) is 12.3. The summed E-state index contributed by atoms with van der Waals surface area (Å²) in [6.45, 7) is 0. The molecule has 0 radical (unpaired) electrons. The van der Waals surface area contributed by atoms with Crippen molar-refractivity contribution in [2.45, 2.75) is 0 Å². The highest BCUT2D eigenvalue weighted by atomic mass is 16.2. The fraction of sp³-hybridized carbons (Fsp3) is 0.133. The van der Waals surface area contributed by atoms with E-state index in [9.17, 15) is 4.79 Å². The van der Waals surface area contributed by atoms with Crippen molar-refractivity contribution < 1.29 is 4.79 Å². The Bertz CT molecular complexity index is 518. The molecule has 0 bridgehead atoms. The lowest BCUT2D eigenvalue weighted by Gasteiger charge is -2.11. The van der Waals surface area contributed by atoms with Crippen molar-refractivity contribution in [2.24, 2.45) is 0 Å². The van der Waals surface area contributed by atoms with Gasteiger partial charge in [-0.2, -0.15) is 0 Å². The maximum atomic E-state index is 11.8. The topological polar surface area (TPSA) is 32.3 Å². The molecule has 0 heterocycles. The monoisotopic (exact) mass is 240 g/mol. The highest BCUT2D eigenvalue weighted by molar-refractivity contribution is 5.94. The number of benzene rings is 2. The molecule has 0 spiro atoms. The molecule has 0 aromatic heterocycles. The summed E-state index contributed by atoms with van der Waals surface area (Å²) in [4.78, 5) is 11.8. The van der Waals surface area contributed by atoms with Gasteiger partial charge < -0.3 is 0 Å². The molecule has 0 saturated heterocycles. The fourth-order valence-electron chi connectivity index (χ4n) is 1.71. The summed E-state index contributed by atoms with van der Waals surface area (Å²) < 4.78 is 0. The van der Waals surface area contributed by atoms with E-state index in [2.05, 4.69) is 17.6 Å².